The van der Waals surface area contributed by atoms with Crippen LogP contribution in [0, 0.1) is 11.6 Å². The molecule has 0 aliphatic carbocycles. The SMILES string of the molecule is O=C(Nc1ccc(F)c(Cl)c1)c1ccccc1N(c1cccc(F)c1)S(=O)(=O)O. The van der Waals surface area contributed by atoms with E-state index >= 15 is 0 Å². The third kappa shape index (κ3) is 4.70. The molecule has 0 aromatic heterocycles. The third-order valence-electron chi connectivity index (χ3n) is 3.82. The molecule has 3 rings (SSSR count). The molecule has 0 atom stereocenters. The molecule has 10 heteroatoms. The summed E-state index contributed by atoms with van der Waals surface area (Å²) < 4.78 is 61.1. The molecule has 3 aromatic carbocycles. The number of amides is 1. The van der Waals surface area contributed by atoms with Crippen molar-refractivity contribution in [1.82, 2.24) is 0 Å². The van der Waals surface area contributed by atoms with Gasteiger partial charge in [0.05, 0.1) is 22.0 Å². The minimum Gasteiger partial charge on any atom is -0.322 e. The van der Waals surface area contributed by atoms with Gasteiger partial charge >= 0.3 is 10.3 Å². The number of anilines is 3. The molecule has 29 heavy (non-hydrogen) atoms. The van der Waals surface area contributed by atoms with E-state index in [1.165, 1.54) is 48.5 Å². The van der Waals surface area contributed by atoms with Gasteiger partial charge in [-0.15, -0.1) is 0 Å². The van der Waals surface area contributed by atoms with E-state index in [4.69, 9.17) is 11.6 Å². The second-order valence-electron chi connectivity index (χ2n) is 5.82. The van der Waals surface area contributed by atoms with Crippen molar-refractivity contribution < 1.29 is 26.5 Å². The topological polar surface area (TPSA) is 86.7 Å². The molecular weight excluding hydrogens is 426 g/mol. The van der Waals surface area contributed by atoms with Crippen LogP contribution in [0.3, 0.4) is 0 Å². The van der Waals surface area contributed by atoms with Gasteiger partial charge < -0.3 is 5.32 Å². The maximum absolute atomic E-state index is 13.6. The molecule has 0 unspecified atom stereocenters. The van der Waals surface area contributed by atoms with Crippen LogP contribution in [0.25, 0.3) is 0 Å². The number of rotatable bonds is 5. The van der Waals surface area contributed by atoms with Gasteiger partial charge in [0.2, 0.25) is 0 Å². The summed E-state index contributed by atoms with van der Waals surface area (Å²) in [4.78, 5) is 12.7. The van der Waals surface area contributed by atoms with Crippen LogP contribution in [-0.2, 0) is 10.3 Å². The molecule has 0 heterocycles. The number of halogens is 3. The smallest absolute Gasteiger partial charge is 0.322 e. The number of nitrogens with one attached hydrogen (secondary N) is 1. The molecule has 6 nitrogen and oxygen atoms in total. The quantitative estimate of drug-likeness (QED) is 0.559. The Bertz CT molecular complexity index is 1190. The number of carbonyl (C=O) groups is 1. The first-order valence-corrected chi connectivity index (χ1v) is 9.83. The number of nitrogens with zero attached hydrogens (tertiary/aromatic N) is 1. The van der Waals surface area contributed by atoms with Crippen LogP contribution >= 0.6 is 11.6 Å². The minimum atomic E-state index is -4.91. The highest BCUT2D eigenvalue weighted by Gasteiger charge is 2.27. The molecule has 0 aliphatic heterocycles. The summed E-state index contributed by atoms with van der Waals surface area (Å²) in [6.45, 7) is 0. The fourth-order valence-electron chi connectivity index (χ4n) is 2.61. The van der Waals surface area contributed by atoms with Crippen molar-refractivity contribution in [3.63, 3.8) is 0 Å². The number of benzene rings is 3. The first kappa shape index (κ1) is 20.7. The Kier molecular flexibility index (Phi) is 5.83. The normalized spacial score (nSPS) is 11.2. The van der Waals surface area contributed by atoms with Gasteiger partial charge in [-0.05, 0) is 48.5 Å². The summed E-state index contributed by atoms with van der Waals surface area (Å²) >= 11 is 5.70. The Morgan fingerprint density at radius 2 is 1.72 bits per heavy atom. The lowest BCUT2D eigenvalue weighted by atomic mass is 10.1. The predicted octanol–water partition coefficient (Wildman–Crippen LogP) is 4.81. The number of hydrogen-bond acceptors (Lipinski definition) is 3. The van der Waals surface area contributed by atoms with Crippen LogP contribution in [0.4, 0.5) is 25.8 Å². The average molecular weight is 439 g/mol. The lowest BCUT2D eigenvalue weighted by molar-refractivity contribution is 0.102. The molecule has 1 amide bonds. The molecule has 0 aliphatic rings. The third-order valence-corrected chi connectivity index (χ3v) is 4.98. The second-order valence-corrected chi connectivity index (χ2v) is 7.49. The lowest BCUT2D eigenvalue weighted by Gasteiger charge is -2.23. The molecule has 0 radical (unpaired) electrons. The van der Waals surface area contributed by atoms with Gasteiger partial charge in [-0.1, -0.05) is 29.8 Å². The van der Waals surface area contributed by atoms with Crippen molar-refractivity contribution in [2.75, 3.05) is 9.62 Å². The molecule has 150 valence electrons. The van der Waals surface area contributed by atoms with Gasteiger partial charge in [-0.3, -0.25) is 9.35 Å². The molecule has 0 fully saturated rings. The van der Waals surface area contributed by atoms with Crippen molar-refractivity contribution in [3.05, 3.63) is 89.0 Å². The largest absolute Gasteiger partial charge is 0.364 e. The summed E-state index contributed by atoms with van der Waals surface area (Å²) in [6.07, 6.45) is 0. The first-order valence-electron chi connectivity index (χ1n) is 8.05. The van der Waals surface area contributed by atoms with E-state index in [-0.39, 0.29) is 27.6 Å². The monoisotopic (exact) mass is 438 g/mol. The van der Waals surface area contributed by atoms with Crippen LogP contribution in [0.2, 0.25) is 5.02 Å². The summed E-state index contributed by atoms with van der Waals surface area (Å²) in [5.41, 5.74) is -0.404. The van der Waals surface area contributed by atoms with Gasteiger partial charge in [-0.25, -0.2) is 13.1 Å². The van der Waals surface area contributed by atoms with Crippen LogP contribution in [-0.4, -0.2) is 18.9 Å². The molecule has 3 aromatic rings. The minimum absolute atomic E-state index is 0.144. The fourth-order valence-corrected chi connectivity index (χ4v) is 3.58. The first-order chi connectivity index (χ1) is 13.7. The summed E-state index contributed by atoms with van der Waals surface area (Å²) in [7, 11) is -4.91. The van der Waals surface area contributed by atoms with Crippen molar-refractivity contribution in [2.24, 2.45) is 0 Å². The zero-order chi connectivity index (χ0) is 21.2. The molecule has 2 N–H and O–H groups in total. The van der Waals surface area contributed by atoms with Crippen molar-refractivity contribution in [3.8, 4) is 0 Å². The summed E-state index contributed by atoms with van der Waals surface area (Å²) in [5, 5.41) is 2.26. The van der Waals surface area contributed by atoms with E-state index < -0.39 is 27.8 Å². The highest BCUT2D eigenvalue weighted by molar-refractivity contribution is 7.87. The number of carbonyl (C=O) groups excluding carboxylic acids is 1. The molecule has 0 bridgehead atoms. The van der Waals surface area contributed by atoms with E-state index in [0.717, 1.165) is 18.2 Å². The van der Waals surface area contributed by atoms with Gasteiger partial charge in [0.15, 0.2) is 0 Å². The standard InChI is InChI=1S/C19H13ClF2N2O4S/c20-16-11-13(8-9-17(16)22)23-19(25)15-6-1-2-7-18(15)24(29(26,27)28)14-5-3-4-12(21)10-14/h1-11H,(H,23,25)(H,26,27,28). The van der Waals surface area contributed by atoms with Crippen LogP contribution in [0.5, 0.6) is 0 Å². The molecule has 0 saturated heterocycles. The van der Waals surface area contributed by atoms with E-state index in [1.807, 2.05) is 0 Å². The highest BCUT2D eigenvalue weighted by atomic mass is 35.5. The maximum Gasteiger partial charge on any atom is 0.364 e. The summed E-state index contributed by atoms with van der Waals surface area (Å²) in [5.74, 6) is -2.17. The molecule has 0 spiro atoms. The highest BCUT2D eigenvalue weighted by Crippen LogP contribution is 2.32. The van der Waals surface area contributed by atoms with Gasteiger partial charge in [-0.2, -0.15) is 8.42 Å². The lowest BCUT2D eigenvalue weighted by Crippen LogP contribution is -2.28. The van der Waals surface area contributed by atoms with Crippen LogP contribution in [0.15, 0.2) is 66.7 Å². The molecule has 0 saturated carbocycles. The van der Waals surface area contributed by atoms with Crippen LogP contribution in [0.1, 0.15) is 10.4 Å². The Balaban J connectivity index is 2.06. The Morgan fingerprint density at radius 1 is 1.00 bits per heavy atom. The van der Waals surface area contributed by atoms with Crippen LogP contribution < -0.4 is 9.62 Å². The number of hydrogen-bond donors (Lipinski definition) is 2. The Labute approximate surface area is 170 Å². The van der Waals surface area contributed by atoms with Gasteiger partial charge in [0.1, 0.15) is 11.6 Å². The second kappa shape index (κ2) is 8.16. The molecular formula is C19H13ClF2N2O4S. The van der Waals surface area contributed by atoms with Gasteiger partial charge in [0.25, 0.3) is 5.91 Å². The van der Waals surface area contributed by atoms with Gasteiger partial charge in [0, 0.05) is 5.69 Å². The van der Waals surface area contributed by atoms with E-state index in [9.17, 15) is 26.5 Å². The van der Waals surface area contributed by atoms with Crippen molar-refractivity contribution in [1.29, 1.82) is 0 Å². The fraction of sp³-hybridized carbons (Fsp3) is 0. The predicted molar refractivity (Wildman–Crippen MR) is 106 cm³/mol. The zero-order valence-corrected chi connectivity index (χ0v) is 16.1. The van der Waals surface area contributed by atoms with Crippen molar-refractivity contribution >= 4 is 44.9 Å². The maximum atomic E-state index is 13.6. The van der Waals surface area contributed by atoms with E-state index in [0.29, 0.717) is 4.31 Å². The van der Waals surface area contributed by atoms with Crippen molar-refractivity contribution in [2.45, 2.75) is 0 Å². The van der Waals surface area contributed by atoms with E-state index in [1.54, 1.807) is 0 Å². The Hall–Kier alpha value is -3.01. The summed E-state index contributed by atoms with van der Waals surface area (Å²) in [6, 6.07) is 13.5. The number of para-hydroxylation sites is 1. The zero-order valence-electron chi connectivity index (χ0n) is 14.5. The van der Waals surface area contributed by atoms with E-state index in [2.05, 4.69) is 5.32 Å². The Morgan fingerprint density at radius 3 is 2.38 bits per heavy atom. The average Bonchev–Trinajstić information content (AvgIpc) is 2.64.